The third-order valence-electron chi connectivity index (χ3n) is 10.8. The second-order valence-electron chi connectivity index (χ2n) is 18.1. The maximum atomic E-state index is 12.9. The molecule has 9 nitrogen and oxygen atoms in total. The molecule has 0 aromatic heterocycles. The number of amides is 1. The molecular weight excluding hydrogens is 723 g/mol. The van der Waals surface area contributed by atoms with Crippen LogP contribution in [-0.2, 0) is 18.4 Å². The number of nitrogens with zero attached hydrogens (tertiary/aromatic N) is 1. The van der Waals surface area contributed by atoms with Crippen LogP contribution in [0.25, 0.3) is 0 Å². The summed E-state index contributed by atoms with van der Waals surface area (Å²) in [5, 5.41) is 24.2. The van der Waals surface area contributed by atoms with Gasteiger partial charge in [-0.05, 0) is 25.2 Å². The second-order valence-corrected chi connectivity index (χ2v) is 19.5. The fourth-order valence-corrected chi connectivity index (χ4v) is 7.66. The number of unbranched alkanes of at least 4 members (excludes halogenated alkanes) is 26. The number of likely N-dealkylation sites (N-methyl/N-ethyl adjacent to an activating group) is 1. The summed E-state index contributed by atoms with van der Waals surface area (Å²) in [6, 6.07) is -1.06. The summed E-state index contributed by atoms with van der Waals surface area (Å²) in [6.45, 7) is 6.74. The van der Waals surface area contributed by atoms with Gasteiger partial charge in [0.1, 0.15) is 19.3 Å². The van der Waals surface area contributed by atoms with E-state index in [9.17, 15) is 24.5 Å². The quantitative estimate of drug-likeness (QED) is 0.0242. The smallest absolute Gasteiger partial charge is 0.268 e. The van der Waals surface area contributed by atoms with Crippen LogP contribution in [0.3, 0.4) is 0 Å². The number of carbonyl (C=O) groups is 1. The lowest BCUT2D eigenvalue weighted by atomic mass is 10.0. The number of rotatable bonds is 42. The van der Waals surface area contributed by atoms with Crippen LogP contribution in [0.15, 0.2) is 12.2 Å². The Bertz CT molecular complexity index is 958. The van der Waals surface area contributed by atoms with Crippen molar-refractivity contribution in [1.29, 1.82) is 0 Å². The molecule has 1 amide bonds. The molecule has 4 atom stereocenters. The molecule has 0 aliphatic heterocycles. The maximum absolute atomic E-state index is 12.9. The highest BCUT2D eigenvalue weighted by molar-refractivity contribution is 7.45. The van der Waals surface area contributed by atoms with Gasteiger partial charge < -0.3 is 34.0 Å². The lowest BCUT2D eigenvalue weighted by Gasteiger charge is -2.29. The van der Waals surface area contributed by atoms with E-state index in [0.717, 1.165) is 44.4 Å². The van der Waals surface area contributed by atoms with Gasteiger partial charge in [-0.2, -0.15) is 0 Å². The van der Waals surface area contributed by atoms with Crippen LogP contribution in [-0.4, -0.2) is 79.8 Å². The van der Waals surface area contributed by atoms with Crippen molar-refractivity contribution in [1.82, 2.24) is 5.32 Å². The Hall–Kier alpha value is -0.800. The molecule has 56 heavy (non-hydrogen) atoms. The first-order valence-corrected chi connectivity index (χ1v) is 25.0. The van der Waals surface area contributed by atoms with E-state index < -0.39 is 38.6 Å². The molecule has 2 unspecified atom stereocenters. The molecule has 0 saturated heterocycles. The van der Waals surface area contributed by atoms with Gasteiger partial charge in [-0.3, -0.25) is 9.36 Å². The molecule has 0 aromatic rings. The van der Waals surface area contributed by atoms with Crippen molar-refractivity contribution in [2.24, 2.45) is 5.92 Å². The van der Waals surface area contributed by atoms with Crippen molar-refractivity contribution in [2.75, 3.05) is 40.9 Å². The van der Waals surface area contributed by atoms with Gasteiger partial charge in [0.25, 0.3) is 7.82 Å². The van der Waals surface area contributed by atoms with E-state index in [-0.39, 0.29) is 6.61 Å². The molecule has 0 spiro atoms. The third-order valence-corrected chi connectivity index (χ3v) is 11.7. The summed E-state index contributed by atoms with van der Waals surface area (Å²) < 4.78 is 23.1. The Balaban J connectivity index is 4.39. The van der Waals surface area contributed by atoms with Crippen molar-refractivity contribution in [2.45, 2.75) is 232 Å². The van der Waals surface area contributed by atoms with Crippen molar-refractivity contribution in [3.8, 4) is 0 Å². The van der Waals surface area contributed by atoms with Crippen LogP contribution in [0.1, 0.15) is 213 Å². The van der Waals surface area contributed by atoms with Gasteiger partial charge >= 0.3 is 0 Å². The van der Waals surface area contributed by atoms with Crippen LogP contribution >= 0.6 is 7.82 Å². The number of aliphatic hydroxyl groups excluding tert-OH is 2. The summed E-state index contributed by atoms with van der Waals surface area (Å²) in [7, 11) is 1.12. The SMILES string of the molecule is CCCCCCCCCCCCCCCCCCCCCCC(O)C(=O)N[C@@H](COP(=O)([O-])OCC[N+](C)(C)C)[C@H](O)/C=C/CCCCCCCCCC(C)C. The molecule has 334 valence electrons. The predicted molar refractivity (Wildman–Crippen MR) is 235 cm³/mol. The van der Waals surface area contributed by atoms with Crippen molar-refractivity contribution in [3.63, 3.8) is 0 Å². The van der Waals surface area contributed by atoms with E-state index in [1.165, 1.54) is 148 Å². The number of allylic oxidation sites excluding steroid dienone is 1. The Morgan fingerprint density at radius 2 is 1.07 bits per heavy atom. The number of carbonyl (C=O) groups excluding carboxylic acids is 1. The molecule has 3 N–H and O–H groups in total. The van der Waals surface area contributed by atoms with E-state index in [0.29, 0.717) is 17.4 Å². The summed E-state index contributed by atoms with van der Waals surface area (Å²) in [6.07, 6.45) is 37.7. The second kappa shape index (κ2) is 37.2. The van der Waals surface area contributed by atoms with E-state index in [1.807, 2.05) is 27.2 Å². The number of aliphatic hydroxyl groups is 2. The lowest BCUT2D eigenvalue weighted by molar-refractivity contribution is -0.870. The molecule has 0 aromatic carbocycles. The van der Waals surface area contributed by atoms with Crippen molar-refractivity contribution in [3.05, 3.63) is 12.2 Å². The Morgan fingerprint density at radius 3 is 1.50 bits per heavy atom. The molecule has 0 heterocycles. The highest BCUT2D eigenvalue weighted by atomic mass is 31.2. The van der Waals surface area contributed by atoms with Gasteiger partial charge in [0.05, 0.1) is 39.9 Å². The molecule has 0 saturated carbocycles. The zero-order valence-corrected chi connectivity index (χ0v) is 38.5. The number of hydrogen-bond donors (Lipinski definition) is 3. The Kier molecular flexibility index (Phi) is 36.7. The van der Waals surface area contributed by atoms with E-state index in [2.05, 4.69) is 26.1 Å². The highest BCUT2D eigenvalue weighted by Gasteiger charge is 2.25. The van der Waals surface area contributed by atoms with Crippen LogP contribution in [0.5, 0.6) is 0 Å². The summed E-state index contributed by atoms with van der Waals surface area (Å²) in [5.41, 5.74) is 0. The van der Waals surface area contributed by atoms with Gasteiger partial charge in [-0.25, -0.2) is 0 Å². The van der Waals surface area contributed by atoms with Crippen molar-refractivity contribution >= 4 is 13.7 Å². The van der Waals surface area contributed by atoms with Gasteiger partial charge in [0.2, 0.25) is 5.91 Å². The fraction of sp³-hybridized carbons (Fsp3) is 0.935. The van der Waals surface area contributed by atoms with E-state index in [4.69, 9.17) is 9.05 Å². The summed E-state index contributed by atoms with van der Waals surface area (Å²) >= 11 is 0. The van der Waals surface area contributed by atoms with Crippen LogP contribution in [0, 0.1) is 5.92 Å². The maximum Gasteiger partial charge on any atom is 0.268 e. The normalized spacial score (nSPS) is 15.0. The first kappa shape index (κ1) is 55.2. The van der Waals surface area contributed by atoms with E-state index in [1.54, 1.807) is 6.08 Å². The van der Waals surface area contributed by atoms with Gasteiger partial charge in [-0.15, -0.1) is 0 Å². The highest BCUT2D eigenvalue weighted by Crippen LogP contribution is 2.38. The topological polar surface area (TPSA) is 128 Å². The average Bonchev–Trinajstić information content (AvgIpc) is 3.13. The first-order chi connectivity index (χ1) is 26.8. The molecule has 0 radical (unpaired) electrons. The monoisotopic (exact) mass is 817 g/mol. The Labute approximate surface area is 346 Å². The van der Waals surface area contributed by atoms with Crippen LogP contribution in [0.2, 0.25) is 0 Å². The number of quaternary nitrogens is 1. The summed E-state index contributed by atoms with van der Waals surface area (Å²) in [4.78, 5) is 25.4. The molecule has 0 bridgehead atoms. The first-order valence-electron chi connectivity index (χ1n) is 23.5. The lowest BCUT2D eigenvalue weighted by Crippen LogP contribution is -2.49. The van der Waals surface area contributed by atoms with Gasteiger partial charge in [0, 0.05) is 0 Å². The Morgan fingerprint density at radius 1 is 0.661 bits per heavy atom. The van der Waals surface area contributed by atoms with Crippen LogP contribution in [0.4, 0.5) is 0 Å². The largest absolute Gasteiger partial charge is 0.756 e. The molecule has 0 aliphatic rings. The number of phosphoric acid groups is 1. The minimum Gasteiger partial charge on any atom is -0.756 e. The zero-order chi connectivity index (χ0) is 41.8. The minimum absolute atomic E-state index is 0.0418. The average molecular weight is 817 g/mol. The van der Waals surface area contributed by atoms with Crippen LogP contribution < -0.4 is 10.2 Å². The number of hydrogen-bond acceptors (Lipinski definition) is 7. The molecule has 0 rings (SSSR count). The number of phosphoric ester groups is 1. The minimum atomic E-state index is -4.66. The number of nitrogens with one attached hydrogen (secondary N) is 1. The summed E-state index contributed by atoms with van der Waals surface area (Å²) in [5.74, 6) is 0.139. The molecule has 10 heteroatoms. The molecule has 0 aliphatic carbocycles. The predicted octanol–water partition coefficient (Wildman–Crippen LogP) is 11.3. The van der Waals surface area contributed by atoms with E-state index >= 15 is 0 Å². The zero-order valence-electron chi connectivity index (χ0n) is 37.6. The third kappa shape index (κ3) is 38.7. The fourth-order valence-electron chi connectivity index (χ4n) is 6.93. The molecule has 0 fully saturated rings. The van der Waals surface area contributed by atoms with Crippen molar-refractivity contribution < 1.29 is 38.0 Å². The van der Waals surface area contributed by atoms with Gasteiger partial charge in [0.15, 0.2) is 0 Å². The van der Waals surface area contributed by atoms with Gasteiger partial charge in [-0.1, -0.05) is 206 Å². The molecular formula is C46H93N2O7P. The standard InChI is InChI=1S/C46H93N2O7P/c1-7-8-9-10-11-12-13-14-15-16-17-18-19-20-21-22-25-29-32-35-38-45(50)46(51)47-43(41-55-56(52,53)54-40-39-48(4,5)6)44(49)37-34-31-28-26-23-24-27-30-33-36-42(2)3/h34,37,42-45,49-50H,7-33,35-36,38-41H2,1-6H3,(H-,47,51,52,53)/b37-34+/t43-,44+,45?/m0/s1.